The van der Waals surface area contributed by atoms with E-state index in [9.17, 15) is 14.7 Å². The molecule has 0 aromatic heterocycles. The molecule has 2 aliphatic heterocycles. The van der Waals surface area contributed by atoms with Crippen LogP contribution in [0.2, 0.25) is 0 Å². The lowest BCUT2D eigenvalue weighted by atomic mass is 9.82. The third-order valence-electron chi connectivity index (χ3n) is 5.24. The highest BCUT2D eigenvalue weighted by Gasteiger charge is 2.41. The average Bonchev–Trinajstić information content (AvgIpc) is 2.91. The normalized spacial score (nSPS) is 25.8. The van der Waals surface area contributed by atoms with Gasteiger partial charge in [-0.2, -0.15) is 0 Å². The summed E-state index contributed by atoms with van der Waals surface area (Å²) in [5, 5.41) is 9.28. The molecule has 2 rings (SSSR count). The fourth-order valence-corrected chi connectivity index (χ4v) is 3.52. The van der Waals surface area contributed by atoms with E-state index in [4.69, 9.17) is 0 Å². The van der Waals surface area contributed by atoms with Crippen molar-refractivity contribution in [3.05, 3.63) is 0 Å². The van der Waals surface area contributed by atoms with E-state index in [1.165, 1.54) is 0 Å². The quantitative estimate of drug-likeness (QED) is 0.865. The van der Waals surface area contributed by atoms with Gasteiger partial charge in [0.1, 0.15) is 6.04 Å². The van der Waals surface area contributed by atoms with E-state index < -0.39 is 12.0 Å². The number of likely N-dealkylation sites (tertiary alicyclic amines) is 2. The van der Waals surface area contributed by atoms with E-state index >= 15 is 0 Å². The van der Waals surface area contributed by atoms with Crippen LogP contribution in [0.1, 0.15) is 52.4 Å². The van der Waals surface area contributed by atoms with Crippen LogP contribution in [-0.2, 0) is 4.79 Å². The maximum absolute atomic E-state index is 12.6. The van der Waals surface area contributed by atoms with E-state index in [2.05, 4.69) is 13.8 Å². The summed E-state index contributed by atoms with van der Waals surface area (Å²) in [5.41, 5.74) is 0.240. The standard InChI is InChI=1S/C15H26N2O3/c1-3-15(4-2)8-10-16(11-15)14(20)17-9-6-5-7-12(17)13(18)19/h12H,3-11H2,1-2H3,(H,18,19). The summed E-state index contributed by atoms with van der Waals surface area (Å²) >= 11 is 0. The molecule has 0 bridgehead atoms. The fraction of sp³-hybridized carbons (Fsp3) is 0.867. The van der Waals surface area contributed by atoms with Gasteiger partial charge in [-0.15, -0.1) is 0 Å². The number of hydrogen-bond donors (Lipinski definition) is 1. The van der Waals surface area contributed by atoms with Crippen LogP contribution in [0.5, 0.6) is 0 Å². The molecule has 1 N–H and O–H groups in total. The lowest BCUT2D eigenvalue weighted by Crippen LogP contribution is -2.52. The van der Waals surface area contributed by atoms with Gasteiger partial charge < -0.3 is 14.9 Å². The molecule has 0 spiro atoms. The van der Waals surface area contributed by atoms with Crippen molar-refractivity contribution in [2.45, 2.75) is 58.4 Å². The van der Waals surface area contributed by atoms with Crippen molar-refractivity contribution in [3.8, 4) is 0 Å². The molecular weight excluding hydrogens is 256 g/mol. The Balaban J connectivity index is 2.05. The number of nitrogens with zero attached hydrogens (tertiary/aromatic N) is 2. The van der Waals surface area contributed by atoms with Gasteiger partial charge in [0.15, 0.2) is 0 Å². The molecule has 0 saturated carbocycles. The second-order valence-corrected chi connectivity index (χ2v) is 6.20. The maximum Gasteiger partial charge on any atom is 0.326 e. The molecule has 2 fully saturated rings. The molecule has 0 radical (unpaired) electrons. The van der Waals surface area contributed by atoms with Gasteiger partial charge in [0.2, 0.25) is 0 Å². The van der Waals surface area contributed by atoms with Gasteiger partial charge in [0, 0.05) is 19.6 Å². The van der Waals surface area contributed by atoms with Gasteiger partial charge in [-0.1, -0.05) is 13.8 Å². The Labute approximate surface area is 120 Å². The minimum atomic E-state index is -0.866. The van der Waals surface area contributed by atoms with Crippen molar-refractivity contribution in [1.29, 1.82) is 0 Å². The second-order valence-electron chi connectivity index (χ2n) is 6.20. The van der Waals surface area contributed by atoms with Crippen LogP contribution in [0, 0.1) is 5.41 Å². The molecule has 0 aromatic rings. The number of carboxylic acids is 1. The van der Waals surface area contributed by atoms with Crippen LogP contribution in [0.4, 0.5) is 4.79 Å². The van der Waals surface area contributed by atoms with Crippen LogP contribution in [0.3, 0.4) is 0 Å². The third-order valence-corrected chi connectivity index (χ3v) is 5.24. The number of carboxylic acid groups (broad SMARTS) is 1. The Morgan fingerprint density at radius 3 is 2.45 bits per heavy atom. The van der Waals surface area contributed by atoms with Gasteiger partial charge in [0.05, 0.1) is 0 Å². The monoisotopic (exact) mass is 282 g/mol. The van der Waals surface area contributed by atoms with Crippen LogP contribution in [0.15, 0.2) is 0 Å². The van der Waals surface area contributed by atoms with Crippen LogP contribution >= 0.6 is 0 Å². The Hall–Kier alpha value is -1.26. The Kier molecular flexibility index (Phi) is 4.55. The first-order valence-electron chi connectivity index (χ1n) is 7.81. The van der Waals surface area contributed by atoms with Gasteiger partial charge in [-0.3, -0.25) is 0 Å². The van der Waals surface area contributed by atoms with Crippen LogP contribution in [-0.4, -0.2) is 52.6 Å². The van der Waals surface area contributed by atoms with E-state index in [1.54, 1.807) is 4.90 Å². The molecule has 2 aliphatic rings. The zero-order chi connectivity index (χ0) is 14.8. The summed E-state index contributed by atoms with van der Waals surface area (Å²) in [6.07, 6.45) is 5.59. The second kappa shape index (κ2) is 6.02. The van der Waals surface area contributed by atoms with Crippen molar-refractivity contribution in [2.75, 3.05) is 19.6 Å². The number of rotatable bonds is 3. The van der Waals surface area contributed by atoms with E-state index in [1.807, 2.05) is 4.90 Å². The van der Waals surface area contributed by atoms with Gasteiger partial charge in [-0.25, -0.2) is 9.59 Å². The number of hydrogen-bond acceptors (Lipinski definition) is 2. The summed E-state index contributed by atoms with van der Waals surface area (Å²) in [7, 11) is 0. The first-order valence-corrected chi connectivity index (χ1v) is 7.81. The zero-order valence-electron chi connectivity index (χ0n) is 12.6. The van der Waals surface area contributed by atoms with Gasteiger partial charge >= 0.3 is 12.0 Å². The highest BCUT2D eigenvalue weighted by molar-refractivity contribution is 5.83. The van der Waals surface area contributed by atoms with E-state index in [-0.39, 0.29) is 11.4 Å². The highest BCUT2D eigenvalue weighted by atomic mass is 16.4. The Bertz CT molecular complexity index is 379. The summed E-state index contributed by atoms with van der Waals surface area (Å²) in [6, 6.07) is -0.699. The molecule has 5 heteroatoms. The van der Waals surface area contributed by atoms with Crippen LogP contribution < -0.4 is 0 Å². The molecule has 2 saturated heterocycles. The van der Waals surface area contributed by atoms with Crippen LogP contribution in [0.25, 0.3) is 0 Å². The lowest BCUT2D eigenvalue weighted by molar-refractivity contribution is -0.143. The molecule has 0 aliphatic carbocycles. The van der Waals surface area contributed by atoms with Crippen molar-refractivity contribution >= 4 is 12.0 Å². The van der Waals surface area contributed by atoms with E-state index in [0.717, 1.165) is 45.2 Å². The number of urea groups is 1. The molecule has 1 unspecified atom stereocenters. The predicted octanol–water partition coefficient (Wildman–Crippen LogP) is 2.56. The topological polar surface area (TPSA) is 60.9 Å². The smallest absolute Gasteiger partial charge is 0.326 e. The molecule has 0 aromatic carbocycles. The SMILES string of the molecule is CCC1(CC)CCN(C(=O)N2CCCCC2C(=O)O)C1. The highest BCUT2D eigenvalue weighted by Crippen LogP contribution is 2.37. The minimum Gasteiger partial charge on any atom is -0.480 e. The number of carbonyl (C=O) groups is 2. The largest absolute Gasteiger partial charge is 0.480 e. The summed E-state index contributed by atoms with van der Waals surface area (Å²) in [6.45, 7) is 6.49. The lowest BCUT2D eigenvalue weighted by Gasteiger charge is -2.36. The Morgan fingerprint density at radius 1 is 1.20 bits per heavy atom. The molecule has 20 heavy (non-hydrogen) atoms. The Morgan fingerprint density at radius 2 is 1.90 bits per heavy atom. The molecule has 1 atom stereocenters. The molecule has 2 amide bonds. The first-order chi connectivity index (χ1) is 9.53. The van der Waals surface area contributed by atoms with Gasteiger partial charge in [-0.05, 0) is 43.9 Å². The maximum atomic E-state index is 12.6. The summed E-state index contributed by atoms with van der Waals surface area (Å²) in [4.78, 5) is 27.4. The minimum absolute atomic E-state index is 0.0686. The van der Waals surface area contributed by atoms with Crippen molar-refractivity contribution < 1.29 is 14.7 Å². The molecule has 2 heterocycles. The average molecular weight is 282 g/mol. The fourth-order valence-electron chi connectivity index (χ4n) is 3.52. The predicted molar refractivity (Wildman–Crippen MR) is 76.6 cm³/mol. The van der Waals surface area contributed by atoms with Crippen molar-refractivity contribution in [3.63, 3.8) is 0 Å². The number of piperidine rings is 1. The van der Waals surface area contributed by atoms with E-state index in [0.29, 0.717) is 13.0 Å². The number of carbonyl (C=O) groups excluding carboxylic acids is 1. The third kappa shape index (κ3) is 2.76. The summed E-state index contributed by atoms with van der Waals surface area (Å²) < 4.78 is 0. The zero-order valence-corrected chi connectivity index (χ0v) is 12.6. The molecule has 5 nitrogen and oxygen atoms in total. The molecule has 114 valence electrons. The molecular formula is C15H26N2O3. The van der Waals surface area contributed by atoms with Crippen molar-refractivity contribution in [1.82, 2.24) is 9.80 Å². The number of aliphatic carboxylic acids is 1. The first kappa shape index (κ1) is 15.1. The summed E-state index contributed by atoms with van der Waals surface area (Å²) in [5.74, 6) is -0.866. The van der Waals surface area contributed by atoms with Crippen molar-refractivity contribution in [2.24, 2.45) is 5.41 Å². The van der Waals surface area contributed by atoms with Gasteiger partial charge in [0.25, 0.3) is 0 Å². The number of amides is 2.